The van der Waals surface area contributed by atoms with Gasteiger partial charge < -0.3 is 5.32 Å². The van der Waals surface area contributed by atoms with Gasteiger partial charge in [0.25, 0.3) is 0 Å². The van der Waals surface area contributed by atoms with Crippen molar-refractivity contribution in [3.8, 4) is 0 Å². The molecule has 0 aliphatic carbocycles. The summed E-state index contributed by atoms with van der Waals surface area (Å²) in [4.78, 5) is 0. The van der Waals surface area contributed by atoms with Crippen LogP contribution in [0.15, 0.2) is 0 Å². The summed E-state index contributed by atoms with van der Waals surface area (Å²) in [5, 5.41) is 2.64. The minimum Gasteiger partial charge on any atom is -0.341 e. The van der Waals surface area contributed by atoms with E-state index in [-0.39, 0.29) is 0 Å². The average Bonchev–Trinajstić information content (AvgIpc) is 2.50. The Morgan fingerprint density at radius 3 is 2.25 bits per heavy atom. The Kier molecular flexibility index (Phi) is 4.67. The van der Waals surface area contributed by atoms with Crippen molar-refractivity contribution in [3.63, 3.8) is 0 Å². The van der Waals surface area contributed by atoms with Crippen LogP contribution in [-0.4, -0.2) is 12.1 Å². The zero-order chi connectivity index (χ0) is 8.81. The van der Waals surface area contributed by atoms with E-state index < -0.39 is 0 Å². The summed E-state index contributed by atoms with van der Waals surface area (Å²) in [6, 6.07) is 1.94. The molecule has 0 saturated carbocycles. The van der Waals surface area contributed by atoms with Crippen molar-refractivity contribution < 1.29 is 5.32 Å². The van der Waals surface area contributed by atoms with Crippen LogP contribution in [0.25, 0.3) is 0 Å². The maximum atomic E-state index is 2.64. The molecule has 0 bridgehead atoms. The Balaban J connectivity index is 2.08. The van der Waals surface area contributed by atoms with Gasteiger partial charge in [-0.1, -0.05) is 26.7 Å². The van der Waals surface area contributed by atoms with Gasteiger partial charge in [0, 0.05) is 12.8 Å². The van der Waals surface area contributed by atoms with Gasteiger partial charge in [-0.25, -0.2) is 0 Å². The van der Waals surface area contributed by atoms with Gasteiger partial charge in [-0.15, -0.1) is 0 Å². The molecule has 1 aliphatic rings. The van der Waals surface area contributed by atoms with E-state index in [9.17, 15) is 0 Å². The fourth-order valence-electron chi connectivity index (χ4n) is 2.32. The van der Waals surface area contributed by atoms with Crippen molar-refractivity contribution in [2.24, 2.45) is 0 Å². The van der Waals surface area contributed by atoms with E-state index >= 15 is 0 Å². The highest BCUT2D eigenvalue weighted by molar-refractivity contribution is 4.67. The molecule has 1 fully saturated rings. The van der Waals surface area contributed by atoms with Gasteiger partial charge in [0.05, 0.1) is 12.1 Å². The van der Waals surface area contributed by atoms with E-state index in [1.54, 1.807) is 0 Å². The Morgan fingerprint density at radius 1 is 1.00 bits per heavy atom. The van der Waals surface area contributed by atoms with Crippen molar-refractivity contribution in [1.82, 2.24) is 0 Å². The smallest absolute Gasteiger partial charge is 0.0863 e. The zero-order valence-corrected chi connectivity index (χ0v) is 8.68. The minimum atomic E-state index is 0.969. The highest BCUT2D eigenvalue weighted by Crippen LogP contribution is 2.12. The zero-order valence-electron chi connectivity index (χ0n) is 8.68. The first-order valence-electron chi connectivity index (χ1n) is 5.71. The second-order valence-electron chi connectivity index (χ2n) is 4.22. The molecule has 0 aromatic rings. The normalized spacial score (nSPS) is 29.5. The summed E-state index contributed by atoms with van der Waals surface area (Å²) in [6.07, 6.45) is 10.00. The Labute approximate surface area is 76.9 Å². The monoisotopic (exact) mass is 170 g/mol. The fourth-order valence-corrected chi connectivity index (χ4v) is 2.32. The highest BCUT2D eigenvalue weighted by atomic mass is 15.0. The number of quaternary nitrogens is 1. The van der Waals surface area contributed by atoms with Crippen molar-refractivity contribution >= 4 is 0 Å². The summed E-state index contributed by atoms with van der Waals surface area (Å²) in [5.74, 6) is 0. The number of hydrogen-bond donors (Lipinski definition) is 1. The number of rotatable bonds is 5. The van der Waals surface area contributed by atoms with Crippen LogP contribution in [-0.2, 0) is 0 Å². The lowest BCUT2D eigenvalue weighted by Crippen LogP contribution is -2.91. The molecule has 0 radical (unpaired) electrons. The van der Waals surface area contributed by atoms with Crippen LogP contribution < -0.4 is 5.32 Å². The predicted molar refractivity (Wildman–Crippen MR) is 53.2 cm³/mol. The van der Waals surface area contributed by atoms with Gasteiger partial charge in [-0.3, -0.25) is 0 Å². The molecular weight excluding hydrogens is 146 g/mol. The van der Waals surface area contributed by atoms with Crippen LogP contribution >= 0.6 is 0 Å². The van der Waals surface area contributed by atoms with Crippen LogP contribution in [0.3, 0.4) is 0 Å². The van der Waals surface area contributed by atoms with E-state index in [1.807, 2.05) is 0 Å². The van der Waals surface area contributed by atoms with E-state index in [1.165, 1.54) is 44.9 Å². The van der Waals surface area contributed by atoms with Gasteiger partial charge in [0.2, 0.25) is 0 Å². The first-order chi connectivity index (χ1) is 5.86. The van der Waals surface area contributed by atoms with E-state index in [0.29, 0.717) is 0 Å². The lowest BCUT2D eigenvalue weighted by molar-refractivity contribution is -0.702. The standard InChI is InChI=1S/C11H23N/c1-3-5-7-11-9-8-10(12-11)6-4-2/h10-12H,3-9H2,1-2H3/p+1/t10-,11-/m1/s1. The van der Waals surface area contributed by atoms with Crippen LogP contribution in [0, 0.1) is 0 Å². The fraction of sp³-hybridized carbons (Fsp3) is 1.00. The molecule has 1 saturated heterocycles. The Morgan fingerprint density at radius 2 is 1.67 bits per heavy atom. The van der Waals surface area contributed by atoms with E-state index in [4.69, 9.17) is 0 Å². The van der Waals surface area contributed by atoms with E-state index in [0.717, 1.165) is 12.1 Å². The summed E-state index contributed by atoms with van der Waals surface area (Å²) in [5.41, 5.74) is 0. The molecule has 0 aromatic heterocycles. The number of nitrogens with two attached hydrogens (primary N) is 1. The van der Waals surface area contributed by atoms with Crippen LogP contribution in [0.5, 0.6) is 0 Å². The van der Waals surface area contributed by atoms with Gasteiger partial charge in [-0.05, 0) is 19.3 Å². The molecule has 0 spiro atoms. The van der Waals surface area contributed by atoms with Crippen LogP contribution in [0.1, 0.15) is 58.8 Å². The highest BCUT2D eigenvalue weighted by Gasteiger charge is 2.26. The molecule has 0 aromatic carbocycles. The van der Waals surface area contributed by atoms with E-state index in [2.05, 4.69) is 19.2 Å². The second-order valence-corrected chi connectivity index (χ2v) is 4.22. The number of hydrogen-bond acceptors (Lipinski definition) is 0. The molecule has 1 heterocycles. The number of unbranched alkanes of at least 4 members (excludes halogenated alkanes) is 1. The van der Waals surface area contributed by atoms with Crippen LogP contribution in [0.4, 0.5) is 0 Å². The summed E-state index contributed by atoms with van der Waals surface area (Å²) in [6.45, 7) is 4.59. The first-order valence-corrected chi connectivity index (χ1v) is 5.71. The minimum absolute atomic E-state index is 0.969. The third kappa shape index (κ3) is 3.14. The van der Waals surface area contributed by atoms with Gasteiger partial charge in [-0.2, -0.15) is 0 Å². The van der Waals surface area contributed by atoms with Crippen molar-refractivity contribution in [1.29, 1.82) is 0 Å². The molecule has 2 N–H and O–H groups in total. The molecule has 72 valence electrons. The quantitative estimate of drug-likeness (QED) is 0.650. The molecular formula is C11H24N+. The lowest BCUT2D eigenvalue weighted by Gasteiger charge is -2.09. The van der Waals surface area contributed by atoms with Crippen molar-refractivity contribution in [3.05, 3.63) is 0 Å². The molecule has 1 aliphatic heterocycles. The van der Waals surface area contributed by atoms with Gasteiger partial charge >= 0.3 is 0 Å². The third-order valence-electron chi connectivity index (χ3n) is 3.04. The summed E-state index contributed by atoms with van der Waals surface area (Å²) in [7, 11) is 0. The predicted octanol–water partition coefficient (Wildman–Crippen LogP) is 2.07. The van der Waals surface area contributed by atoms with Crippen molar-refractivity contribution in [2.45, 2.75) is 70.9 Å². The third-order valence-corrected chi connectivity index (χ3v) is 3.04. The second kappa shape index (κ2) is 5.58. The van der Waals surface area contributed by atoms with Gasteiger partial charge in [0.15, 0.2) is 0 Å². The summed E-state index contributed by atoms with van der Waals surface area (Å²) >= 11 is 0. The Bertz CT molecular complexity index is 112. The van der Waals surface area contributed by atoms with Gasteiger partial charge in [0.1, 0.15) is 0 Å². The molecule has 1 heteroatoms. The lowest BCUT2D eigenvalue weighted by atomic mass is 10.1. The molecule has 0 unspecified atom stereocenters. The van der Waals surface area contributed by atoms with Crippen molar-refractivity contribution in [2.75, 3.05) is 0 Å². The molecule has 1 rings (SSSR count). The molecule has 0 amide bonds. The maximum absolute atomic E-state index is 2.64. The first kappa shape index (κ1) is 10.0. The largest absolute Gasteiger partial charge is 0.341 e. The Hall–Kier alpha value is -0.0400. The average molecular weight is 170 g/mol. The maximum Gasteiger partial charge on any atom is 0.0863 e. The SMILES string of the molecule is CCCC[C@@H]1CC[C@@H](CCC)[NH2+]1. The molecule has 2 atom stereocenters. The molecule has 1 nitrogen and oxygen atoms in total. The molecule has 12 heavy (non-hydrogen) atoms. The topological polar surface area (TPSA) is 16.6 Å². The van der Waals surface area contributed by atoms with Crippen LogP contribution in [0.2, 0.25) is 0 Å². The summed E-state index contributed by atoms with van der Waals surface area (Å²) < 4.78 is 0.